The second-order valence-electron chi connectivity index (χ2n) is 6.07. The molecule has 4 heteroatoms. The second kappa shape index (κ2) is 6.15. The molecule has 1 unspecified atom stereocenters. The van der Waals surface area contributed by atoms with Crippen LogP contribution >= 0.6 is 0 Å². The van der Waals surface area contributed by atoms with Crippen LogP contribution in [0.25, 0.3) is 0 Å². The lowest BCUT2D eigenvalue weighted by atomic mass is 9.82. The third kappa shape index (κ3) is 4.63. The third-order valence-electron chi connectivity index (χ3n) is 3.58. The summed E-state index contributed by atoms with van der Waals surface area (Å²) in [4.78, 5) is 10.9. The summed E-state index contributed by atoms with van der Waals surface area (Å²) < 4.78 is 13.7. The molecule has 0 fully saturated rings. The highest BCUT2D eigenvalue weighted by atomic mass is 19.1. The van der Waals surface area contributed by atoms with E-state index in [4.69, 9.17) is 5.73 Å². The fraction of sp³-hybridized carbons (Fsp3) is 0.533. The van der Waals surface area contributed by atoms with Crippen LogP contribution in [0.1, 0.15) is 43.6 Å². The first kappa shape index (κ1) is 15.6. The summed E-state index contributed by atoms with van der Waals surface area (Å²) in [5, 5.41) is 3.24. The summed E-state index contributed by atoms with van der Waals surface area (Å²) in [6.45, 7) is 9.98. The molecule has 0 spiro atoms. The number of rotatable bonds is 5. The fourth-order valence-corrected chi connectivity index (χ4v) is 1.57. The topological polar surface area (TPSA) is 55.1 Å². The van der Waals surface area contributed by atoms with E-state index in [1.54, 1.807) is 12.1 Å². The molecule has 0 radical (unpaired) electrons. The minimum Gasteiger partial charge on any atom is -0.366 e. The maximum Gasteiger partial charge on any atom is 0.248 e. The number of carbonyl (C=O) groups is 1. The molecule has 0 aliphatic rings. The van der Waals surface area contributed by atoms with Gasteiger partial charge in [0.05, 0.1) is 0 Å². The van der Waals surface area contributed by atoms with Crippen LogP contribution in [-0.2, 0) is 6.54 Å². The van der Waals surface area contributed by atoms with E-state index in [-0.39, 0.29) is 11.0 Å². The van der Waals surface area contributed by atoms with Crippen LogP contribution in [0, 0.1) is 17.2 Å². The SMILES string of the molecule is CC(CNCc1ccc(C(N)=O)cc1F)C(C)(C)C. The maximum absolute atomic E-state index is 13.7. The van der Waals surface area contributed by atoms with Gasteiger partial charge in [0.2, 0.25) is 5.91 Å². The van der Waals surface area contributed by atoms with Crippen molar-refractivity contribution in [2.75, 3.05) is 6.54 Å². The standard InChI is InChI=1S/C15H23FN2O/c1-10(15(2,3)4)8-18-9-12-6-5-11(14(17)19)7-13(12)16/h5-7,10,18H,8-9H2,1-4H3,(H2,17,19). The van der Waals surface area contributed by atoms with Gasteiger partial charge >= 0.3 is 0 Å². The van der Waals surface area contributed by atoms with Crippen LogP contribution < -0.4 is 11.1 Å². The Kier molecular flexibility index (Phi) is 5.06. The largest absolute Gasteiger partial charge is 0.366 e. The molecular formula is C15H23FN2O. The van der Waals surface area contributed by atoms with Gasteiger partial charge in [-0.3, -0.25) is 4.79 Å². The normalized spacial score (nSPS) is 13.3. The van der Waals surface area contributed by atoms with E-state index in [0.717, 1.165) is 6.54 Å². The zero-order valence-corrected chi connectivity index (χ0v) is 12.1. The number of hydrogen-bond donors (Lipinski definition) is 2. The van der Waals surface area contributed by atoms with Gasteiger partial charge in [-0.25, -0.2) is 4.39 Å². The van der Waals surface area contributed by atoms with E-state index in [1.807, 2.05) is 0 Å². The van der Waals surface area contributed by atoms with Crippen molar-refractivity contribution in [3.8, 4) is 0 Å². The van der Waals surface area contributed by atoms with Crippen molar-refractivity contribution in [3.05, 3.63) is 35.1 Å². The number of hydrogen-bond acceptors (Lipinski definition) is 2. The minimum atomic E-state index is -0.611. The first-order chi connectivity index (χ1) is 8.71. The third-order valence-corrected chi connectivity index (χ3v) is 3.58. The van der Waals surface area contributed by atoms with E-state index < -0.39 is 11.7 Å². The Hall–Kier alpha value is -1.42. The molecule has 3 nitrogen and oxygen atoms in total. The molecule has 0 saturated heterocycles. The van der Waals surface area contributed by atoms with Gasteiger partial charge in [-0.15, -0.1) is 0 Å². The van der Waals surface area contributed by atoms with Crippen LogP contribution in [0.2, 0.25) is 0 Å². The second-order valence-corrected chi connectivity index (χ2v) is 6.07. The molecule has 1 rings (SSSR count). The van der Waals surface area contributed by atoms with Crippen molar-refractivity contribution in [2.45, 2.75) is 34.2 Å². The predicted octanol–water partition coefficient (Wildman–Crippen LogP) is 2.70. The summed E-state index contributed by atoms with van der Waals surface area (Å²) in [6.07, 6.45) is 0. The lowest BCUT2D eigenvalue weighted by molar-refractivity contribution is 0.1000. The monoisotopic (exact) mass is 266 g/mol. The van der Waals surface area contributed by atoms with Crippen molar-refractivity contribution in [1.82, 2.24) is 5.32 Å². The first-order valence-corrected chi connectivity index (χ1v) is 6.50. The number of amides is 1. The summed E-state index contributed by atoms with van der Waals surface area (Å²) in [6, 6.07) is 4.34. The van der Waals surface area contributed by atoms with Gasteiger partial charge in [-0.05, 0) is 30.0 Å². The lowest BCUT2D eigenvalue weighted by Crippen LogP contribution is -2.29. The van der Waals surface area contributed by atoms with Crippen LogP contribution in [-0.4, -0.2) is 12.5 Å². The van der Waals surface area contributed by atoms with E-state index in [9.17, 15) is 9.18 Å². The molecule has 0 aliphatic heterocycles. The Labute approximate surface area is 114 Å². The van der Waals surface area contributed by atoms with E-state index in [2.05, 4.69) is 33.0 Å². The van der Waals surface area contributed by atoms with Gasteiger partial charge in [0, 0.05) is 17.7 Å². The van der Waals surface area contributed by atoms with Gasteiger partial charge < -0.3 is 11.1 Å². The average Bonchev–Trinajstić information content (AvgIpc) is 2.29. The molecule has 0 saturated carbocycles. The molecule has 1 aromatic carbocycles. The highest BCUT2D eigenvalue weighted by Crippen LogP contribution is 2.24. The number of benzene rings is 1. The molecule has 19 heavy (non-hydrogen) atoms. The van der Waals surface area contributed by atoms with Crippen LogP contribution in [0.3, 0.4) is 0 Å². The number of primary amides is 1. The first-order valence-electron chi connectivity index (χ1n) is 6.50. The van der Waals surface area contributed by atoms with Gasteiger partial charge in [-0.1, -0.05) is 33.8 Å². The van der Waals surface area contributed by atoms with Crippen LogP contribution in [0.4, 0.5) is 4.39 Å². The van der Waals surface area contributed by atoms with Gasteiger partial charge in [0.25, 0.3) is 0 Å². The number of nitrogens with one attached hydrogen (secondary N) is 1. The van der Waals surface area contributed by atoms with Gasteiger partial charge in [0.15, 0.2) is 0 Å². The molecule has 0 aliphatic carbocycles. The van der Waals surface area contributed by atoms with Crippen LogP contribution in [0.15, 0.2) is 18.2 Å². The van der Waals surface area contributed by atoms with E-state index in [0.29, 0.717) is 18.0 Å². The zero-order chi connectivity index (χ0) is 14.6. The quantitative estimate of drug-likeness (QED) is 0.861. The van der Waals surface area contributed by atoms with Crippen LogP contribution in [0.5, 0.6) is 0 Å². The summed E-state index contributed by atoms with van der Waals surface area (Å²) in [5.41, 5.74) is 6.07. The van der Waals surface area contributed by atoms with Crippen molar-refractivity contribution in [2.24, 2.45) is 17.1 Å². The molecule has 0 heterocycles. The Morgan fingerprint density at radius 1 is 1.42 bits per heavy atom. The number of halogens is 1. The predicted molar refractivity (Wildman–Crippen MR) is 75.2 cm³/mol. The summed E-state index contributed by atoms with van der Waals surface area (Å²) in [5.74, 6) is -0.521. The highest BCUT2D eigenvalue weighted by molar-refractivity contribution is 5.92. The summed E-state index contributed by atoms with van der Waals surface area (Å²) >= 11 is 0. The lowest BCUT2D eigenvalue weighted by Gasteiger charge is -2.27. The van der Waals surface area contributed by atoms with Crippen molar-refractivity contribution in [1.29, 1.82) is 0 Å². The zero-order valence-electron chi connectivity index (χ0n) is 12.1. The molecule has 3 N–H and O–H groups in total. The van der Waals surface area contributed by atoms with E-state index in [1.165, 1.54) is 6.07 Å². The molecular weight excluding hydrogens is 243 g/mol. The molecule has 1 amide bonds. The molecule has 0 bridgehead atoms. The average molecular weight is 266 g/mol. The maximum atomic E-state index is 13.7. The van der Waals surface area contributed by atoms with Gasteiger partial charge in [0.1, 0.15) is 5.82 Å². The number of nitrogens with two attached hydrogens (primary N) is 1. The number of carbonyl (C=O) groups excluding carboxylic acids is 1. The highest BCUT2D eigenvalue weighted by Gasteiger charge is 2.19. The Morgan fingerprint density at radius 2 is 2.05 bits per heavy atom. The van der Waals surface area contributed by atoms with E-state index >= 15 is 0 Å². The Bertz CT molecular complexity index is 452. The van der Waals surface area contributed by atoms with Crippen molar-refractivity contribution < 1.29 is 9.18 Å². The smallest absolute Gasteiger partial charge is 0.248 e. The minimum absolute atomic E-state index is 0.198. The molecule has 0 aromatic heterocycles. The molecule has 106 valence electrons. The summed E-state index contributed by atoms with van der Waals surface area (Å²) in [7, 11) is 0. The van der Waals surface area contributed by atoms with Crippen molar-refractivity contribution in [3.63, 3.8) is 0 Å². The molecule has 1 aromatic rings. The Balaban J connectivity index is 2.57. The van der Waals surface area contributed by atoms with Gasteiger partial charge in [-0.2, -0.15) is 0 Å². The fourth-order valence-electron chi connectivity index (χ4n) is 1.57. The Morgan fingerprint density at radius 3 is 2.53 bits per heavy atom. The molecule has 1 atom stereocenters. The van der Waals surface area contributed by atoms with Crippen molar-refractivity contribution >= 4 is 5.91 Å².